The number of fused-ring (bicyclic) bond motifs is 1. The summed E-state index contributed by atoms with van der Waals surface area (Å²) in [6, 6.07) is 10.4. The summed E-state index contributed by atoms with van der Waals surface area (Å²) in [6.07, 6.45) is 1.73. The fourth-order valence-corrected chi connectivity index (χ4v) is 2.62. The number of methoxy groups -OCH3 is 1. The summed E-state index contributed by atoms with van der Waals surface area (Å²) in [5.74, 6) is 0.498. The van der Waals surface area contributed by atoms with Gasteiger partial charge in [-0.3, -0.25) is 4.79 Å². The summed E-state index contributed by atoms with van der Waals surface area (Å²) in [4.78, 5) is 12.3. The van der Waals surface area contributed by atoms with E-state index in [4.69, 9.17) is 32.4 Å². The highest BCUT2D eigenvalue weighted by atomic mass is 35.5. The molecule has 3 rings (SSSR count). The van der Waals surface area contributed by atoms with E-state index in [-0.39, 0.29) is 12.3 Å². The van der Waals surface area contributed by atoms with Crippen LogP contribution < -0.4 is 10.1 Å². The van der Waals surface area contributed by atoms with Crippen molar-refractivity contribution in [2.45, 2.75) is 6.42 Å². The minimum Gasteiger partial charge on any atom is -0.497 e. The third kappa shape index (κ3) is 3.44. The van der Waals surface area contributed by atoms with Gasteiger partial charge in [-0.25, -0.2) is 0 Å². The number of halogens is 2. The van der Waals surface area contributed by atoms with E-state index < -0.39 is 0 Å². The first-order chi connectivity index (χ1) is 11.1. The van der Waals surface area contributed by atoms with Crippen LogP contribution in [-0.4, -0.2) is 13.0 Å². The van der Waals surface area contributed by atoms with Crippen LogP contribution in [0.1, 0.15) is 5.56 Å². The Hall–Kier alpha value is -2.17. The van der Waals surface area contributed by atoms with Gasteiger partial charge < -0.3 is 14.5 Å². The zero-order valence-electron chi connectivity index (χ0n) is 12.2. The topological polar surface area (TPSA) is 51.5 Å². The largest absolute Gasteiger partial charge is 0.497 e. The molecule has 0 unspecified atom stereocenters. The number of hydrogen-bond acceptors (Lipinski definition) is 3. The lowest BCUT2D eigenvalue weighted by molar-refractivity contribution is -0.115. The first-order valence-electron chi connectivity index (χ1n) is 6.86. The zero-order valence-corrected chi connectivity index (χ0v) is 13.7. The Morgan fingerprint density at radius 3 is 2.83 bits per heavy atom. The van der Waals surface area contributed by atoms with Gasteiger partial charge >= 0.3 is 0 Å². The minimum absolute atomic E-state index is 0.156. The van der Waals surface area contributed by atoms with Gasteiger partial charge in [0, 0.05) is 16.0 Å². The number of furan rings is 1. The number of nitrogens with one attached hydrogen (secondary N) is 1. The van der Waals surface area contributed by atoms with Gasteiger partial charge in [0.05, 0.1) is 30.5 Å². The molecule has 0 aliphatic carbocycles. The molecule has 0 aliphatic rings. The molecule has 4 nitrogen and oxygen atoms in total. The van der Waals surface area contributed by atoms with Crippen molar-refractivity contribution >= 4 is 45.8 Å². The first-order valence-corrected chi connectivity index (χ1v) is 7.61. The number of carbonyl (C=O) groups is 1. The monoisotopic (exact) mass is 349 g/mol. The van der Waals surface area contributed by atoms with Crippen molar-refractivity contribution in [3.8, 4) is 5.75 Å². The van der Waals surface area contributed by atoms with Gasteiger partial charge in [-0.1, -0.05) is 23.2 Å². The zero-order chi connectivity index (χ0) is 16.4. The molecule has 0 atom stereocenters. The predicted octanol–water partition coefficient (Wildman–Crippen LogP) is 4.93. The van der Waals surface area contributed by atoms with Gasteiger partial charge in [-0.05, 0) is 36.4 Å². The second-order valence-electron chi connectivity index (χ2n) is 4.97. The Balaban J connectivity index is 1.81. The molecule has 1 amide bonds. The van der Waals surface area contributed by atoms with Crippen LogP contribution in [0.2, 0.25) is 10.0 Å². The third-order valence-electron chi connectivity index (χ3n) is 3.41. The summed E-state index contributed by atoms with van der Waals surface area (Å²) in [7, 11) is 1.59. The molecule has 0 bridgehead atoms. The second kappa shape index (κ2) is 6.52. The van der Waals surface area contributed by atoms with Crippen molar-refractivity contribution in [3.05, 3.63) is 58.3 Å². The van der Waals surface area contributed by atoms with E-state index in [9.17, 15) is 4.79 Å². The van der Waals surface area contributed by atoms with Crippen molar-refractivity contribution in [2.75, 3.05) is 12.4 Å². The van der Waals surface area contributed by atoms with Crippen LogP contribution in [0.4, 0.5) is 5.69 Å². The van der Waals surface area contributed by atoms with Crippen molar-refractivity contribution in [3.63, 3.8) is 0 Å². The maximum absolute atomic E-state index is 12.3. The molecule has 1 N–H and O–H groups in total. The molecule has 2 aromatic carbocycles. The van der Waals surface area contributed by atoms with Crippen LogP contribution in [-0.2, 0) is 11.2 Å². The first kappa shape index (κ1) is 15.7. The van der Waals surface area contributed by atoms with Crippen LogP contribution >= 0.6 is 23.2 Å². The molecular weight excluding hydrogens is 337 g/mol. The Labute approximate surface area is 142 Å². The average Bonchev–Trinajstić information content (AvgIpc) is 2.93. The summed E-state index contributed by atoms with van der Waals surface area (Å²) in [6.45, 7) is 0. The van der Waals surface area contributed by atoms with Crippen LogP contribution in [0.15, 0.2) is 47.1 Å². The Bertz CT molecular complexity index is 873. The molecule has 0 spiro atoms. The lowest BCUT2D eigenvalue weighted by Gasteiger charge is -2.07. The molecule has 118 valence electrons. The molecular formula is C17H13Cl2NO3. The van der Waals surface area contributed by atoms with E-state index in [2.05, 4.69) is 5.32 Å². The van der Waals surface area contributed by atoms with Crippen LogP contribution in [0.3, 0.4) is 0 Å². The van der Waals surface area contributed by atoms with Crippen LogP contribution in [0, 0.1) is 0 Å². The highest BCUT2D eigenvalue weighted by Gasteiger charge is 2.13. The van der Waals surface area contributed by atoms with Crippen LogP contribution in [0.5, 0.6) is 5.75 Å². The molecule has 0 aliphatic heterocycles. The highest BCUT2D eigenvalue weighted by Crippen LogP contribution is 2.28. The lowest BCUT2D eigenvalue weighted by atomic mass is 10.1. The molecule has 0 saturated carbocycles. The van der Waals surface area contributed by atoms with Crippen LogP contribution in [0.25, 0.3) is 11.0 Å². The standard InChI is InChI=1S/C17H13Cl2NO3/c1-22-12-3-5-16-13(8-12)10(9-23-16)6-17(21)20-15-7-11(18)2-4-14(15)19/h2-5,7-9H,6H2,1H3,(H,20,21). The van der Waals surface area contributed by atoms with Gasteiger partial charge in [-0.15, -0.1) is 0 Å². The minimum atomic E-state index is -0.209. The van der Waals surface area contributed by atoms with E-state index in [0.717, 1.165) is 10.9 Å². The number of benzene rings is 2. The molecule has 0 saturated heterocycles. The molecule has 0 radical (unpaired) electrons. The number of rotatable bonds is 4. The number of ether oxygens (including phenoxy) is 1. The molecule has 23 heavy (non-hydrogen) atoms. The SMILES string of the molecule is COc1ccc2occ(CC(=O)Nc3cc(Cl)ccc3Cl)c2c1. The Kier molecular flexibility index (Phi) is 4.46. The number of anilines is 1. The van der Waals surface area contributed by atoms with Gasteiger partial charge in [-0.2, -0.15) is 0 Å². The van der Waals surface area contributed by atoms with E-state index in [0.29, 0.717) is 27.1 Å². The van der Waals surface area contributed by atoms with Gasteiger partial charge in [0.25, 0.3) is 0 Å². The molecule has 0 fully saturated rings. The van der Waals surface area contributed by atoms with Crippen molar-refractivity contribution in [1.29, 1.82) is 0 Å². The molecule has 6 heteroatoms. The van der Waals surface area contributed by atoms with E-state index in [1.54, 1.807) is 37.6 Å². The highest BCUT2D eigenvalue weighted by molar-refractivity contribution is 6.35. The fraction of sp³-hybridized carbons (Fsp3) is 0.118. The van der Waals surface area contributed by atoms with Gasteiger partial charge in [0.2, 0.25) is 5.91 Å². The van der Waals surface area contributed by atoms with Crippen molar-refractivity contribution < 1.29 is 13.9 Å². The van der Waals surface area contributed by atoms with E-state index in [1.165, 1.54) is 0 Å². The molecule has 3 aromatic rings. The molecule has 1 heterocycles. The average molecular weight is 350 g/mol. The maximum Gasteiger partial charge on any atom is 0.228 e. The van der Waals surface area contributed by atoms with E-state index in [1.807, 2.05) is 12.1 Å². The summed E-state index contributed by atoms with van der Waals surface area (Å²) in [5.41, 5.74) is 1.96. The summed E-state index contributed by atoms with van der Waals surface area (Å²) >= 11 is 12.0. The summed E-state index contributed by atoms with van der Waals surface area (Å²) in [5, 5.41) is 4.53. The maximum atomic E-state index is 12.3. The Morgan fingerprint density at radius 1 is 1.22 bits per heavy atom. The summed E-state index contributed by atoms with van der Waals surface area (Å²) < 4.78 is 10.7. The number of amides is 1. The van der Waals surface area contributed by atoms with Crippen molar-refractivity contribution in [2.24, 2.45) is 0 Å². The van der Waals surface area contributed by atoms with Gasteiger partial charge in [0.1, 0.15) is 11.3 Å². The fourth-order valence-electron chi connectivity index (χ4n) is 2.29. The normalized spacial score (nSPS) is 10.7. The lowest BCUT2D eigenvalue weighted by Crippen LogP contribution is -2.14. The third-order valence-corrected chi connectivity index (χ3v) is 3.98. The Morgan fingerprint density at radius 2 is 2.04 bits per heavy atom. The van der Waals surface area contributed by atoms with Gasteiger partial charge in [0.15, 0.2) is 0 Å². The number of hydrogen-bond donors (Lipinski definition) is 1. The predicted molar refractivity (Wildman–Crippen MR) is 91.6 cm³/mol. The smallest absolute Gasteiger partial charge is 0.228 e. The van der Waals surface area contributed by atoms with E-state index >= 15 is 0 Å². The quantitative estimate of drug-likeness (QED) is 0.726. The molecule has 1 aromatic heterocycles. The van der Waals surface area contributed by atoms with Crippen molar-refractivity contribution in [1.82, 2.24) is 0 Å². The number of carbonyl (C=O) groups excluding carboxylic acids is 1. The second-order valence-corrected chi connectivity index (χ2v) is 5.82.